The van der Waals surface area contributed by atoms with Gasteiger partial charge in [0.1, 0.15) is 5.75 Å². The van der Waals surface area contributed by atoms with Gasteiger partial charge in [-0.1, -0.05) is 19.9 Å². The van der Waals surface area contributed by atoms with Crippen LogP contribution >= 0.6 is 0 Å². The van der Waals surface area contributed by atoms with Crippen LogP contribution < -0.4 is 10.1 Å². The van der Waals surface area contributed by atoms with Crippen molar-refractivity contribution in [2.24, 2.45) is 11.8 Å². The van der Waals surface area contributed by atoms with Crippen molar-refractivity contribution in [2.75, 3.05) is 13.2 Å². The van der Waals surface area contributed by atoms with E-state index < -0.39 is 11.9 Å². The third-order valence-electron chi connectivity index (χ3n) is 3.21. The molecule has 1 unspecified atom stereocenters. The summed E-state index contributed by atoms with van der Waals surface area (Å²) in [6.45, 7) is 7.54. The predicted octanol–water partition coefficient (Wildman–Crippen LogP) is 2.16. The molecule has 0 radical (unpaired) electrons. The van der Waals surface area contributed by atoms with Gasteiger partial charge >= 0.3 is 5.97 Å². The minimum Gasteiger partial charge on any atom is -0.484 e. The fourth-order valence-corrected chi connectivity index (χ4v) is 2.05. The highest BCUT2D eigenvalue weighted by Gasteiger charge is 2.21. The van der Waals surface area contributed by atoms with E-state index in [0.717, 1.165) is 11.1 Å². The molecule has 5 heteroatoms. The number of amides is 1. The summed E-state index contributed by atoms with van der Waals surface area (Å²) in [4.78, 5) is 22.7. The van der Waals surface area contributed by atoms with Gasteiger partial charge in [-0.25, -0.2) is 0 Å². The molecular formula is C16H23NO4. The molecule has 0 aromatic heterocycles. The maximum absolute atomic E-state index is 11.7. The SMILES string of the molecule is Cc1cc(C)cc(OCC(=O)NCC(C(=O)O)C(C)C)c1. The minimum atomic E-state index is -0.902. The van der Waals surface area contributed by atoms with Gasteiger partial charge in [0.25, 0.3) is 5.91 Å². The lowest BCUT2D eigenvalue weighted by atomic mass is 9.96. The van der Waals surface area contributed by atoms with Crippen molar-refractivity contribution in [2.45, 2.75) is 27.7 Å². The van der Waals surface area contributed by atoms with Gasteiger partial charge in [-0.15, -0.1) is 0 Å². The summed E-state index contributed by atoms with van der Waals surface area (Å²) in [5, 5.41) is 11.6. The monoisotopic (exact) mass is 293 g/mol. The van der Waals surface area contributed by atoms with E-state index in [1.807, 2.05) is 45.9 Å². The number of benzene rings is 1. The second-order valence-corrected chi connectivity index (χ2v) is 5.60. The second kappa shape index (κ2) is 7.67. The number of aliphatic carboxylic acids is 1. The van der Waals surface area contributed by atoms with E-state index in [1.54, 1.807) is 0 Å². The third kappa shape index (κ3) is 5.85. The first-order valence-corrected chi connectivity index (χ1v) is 7.00. The van der Waals surface area contributed by atoms with Crippen LogP contribution in [0.3, 0.4) is 0 Å². The maximum Gasteiger partial charge on any atom is 0.308 e. The van der Waals surface area contributed by atoms with Crippen LogP contribution in [0.15, 0.2) is 18.2 Å². The van der Waals surface area contributed by atoms with Gasteiger partial charge in [0.15, 0.2) is 6.61 Å². The Morgan fingerprint density at radius 1 is 1.19 bits per heavy atom. The molecule has 0 aliphatic rings. The van der Waals surface area contributed by atoms with Crippen LogP contribution in [-0.2, 0) is 9.59 Å². The van der Waals surface area contributed by atoms with E-state index in [-0.39, 0.29) is 25.0 Å². The summed E-state index contributed by atoms with van der Waals surface area (Å²) in [7, 11) is 0. The van der Waals surface area contributed by atoms with Crippen molar-refractivity contribution in [1.82, 2.24) is 5.32 Å². The highest BCUT2D eigenvalue weighted by Crippen LogP contribution is 2.16. The Bertz CT molecular complexity index is 491. The van der Waals surface area contributed by atoms with Gasteiger partial charge in [0, 0.05) is 6.54 Å². The summed E-state index contributed by atoms with van der Waals surface area (Å²) in [6, 6.07) is 5.73. The van der Waals surface area contributed by atoms with Crippen LogP contribution in [0, 0.1) is 25.7 Å². The molecule has 1 atom stereocenters. The molecule has 5 nitrogen and oxygen atoms in total. The number of carbonyl (C=O) groups is 2. The second-order valence-electron chi connectivity index (χ2n) is 5.60. The van der Waals surface area contributed by atoms with Crippen LogP contribution in [0.5, 0.6) is 5.75 Å². The molecule has 2 N–H and O–H groups in total. The normalized spacial score (nSPS) is 12.0. The summed E-state index contributed by atoms with van der Waals surface area (Å²) >= 11 is 0. The molecular weight excluding hydrogens is 270 g/mol. The zero-order valence-electron chi connectivity index (χ0n) is 13.0. The number of rotatable bonds is 7. The molecule has 1 rings (SSSR count). The van der Waals surface area contributed by atoms with Gasteiger partial charge < -0.3 is 15.2 Å². The quantitative estimate of drug-likeness (QED) is 0.807. The number of carboxylic acid groups (broad SMARTS) is 1. The molecule has 0 spiro atoms. The van der Waals surface area contributed by atoms with E-state index in [4.69, 9.17) is 9.84 Å². The molecule has 116 valence electrons. The van der Waals surface area contributed by atoms with E-state index in [0.29, 0.717) is 5.75 Å². The average Bonchev–Trinajstić information content (AvgIpc) is 2.34. The van der Waals surface area contributed by atoms with E-state index >= 15 is 0 Å². The fourth-order valence-electron chi connectivity index (χ4n) is 2.05. The van der Waals surface area contributed by atoms with Crippen LogP contribution in [-0.4, -0.2) is 30.1 Å². The molecule has 0 saturated carbocycles. The molecule has 1 amide bonds. The Labute approximate surface area is 125 Å². The number of carbonyl (C=O) groups excluding carboxylic acids is 1. The smallest absolute Gasteiger partial charge is 0.308 e. The predicted molar refractivity (Wildman–Crippen MR) is 80.4 cm³/mol. The van der Waals surface area contributed by atoms with Crippen molar-refractivity contribution >= 4 is 11.9 Å². The highest BCUT2D eigenvalue weighted by molar-refractivity contribution is 5.78. The van der Waals surface area contributed by atoms with E-state index in [2.05, 4.69) is 5.32 Å². The third-order valence-corrected chi connectivity index (χ3v) is 3.21. The maximum atomic E-state index is 11.7. The summed E-state index contributed by atoms with van der Waals surface area (Å²) in [5.74, 6) is -1.21. The van der Waals surface area contributed by atoms with Crippen molar-refractivity contribution in [3.05, 3.63) is 29.3 Å². The fraction of sp³-hybridized carbons (Fsp3) is 0.500. The van der Waals surface area contributed by atoms with Crippen molar-refractivity contribution in [3.8, 4) is 5.75 Å². The zero-order valence-corrected chi connectivity index (χ0v) is 13.0. The van der Waals surface area contributed by atoms with Crippen LogP contribution in [0.1, 0.15) is 25.0 Å². The van der Waals surface area contributed by atoms with Crippen molar-refractivity contribution in [1.29, 1.82) is 0 Å². The standard InChI is InChI=1S/C16H23NO4/c1-10(2)14(16(19)20)8-17-15(18)9-21-13-6-11(3)5-12(4)7-13/h5-7,10,14H,8-9H2,1-4H3,(H,17,18)(H,19,20). The van der Waals surface area contributed by atoms with Gasteiger partial charge in [-0.2, -0.15) is 0 Å². The number of hydrogen-bond donors (Lipinski definition) is 2. The van der Waals surface area contributed by atoms with Gasteiger partial charge in [0.2, 0.25) is 0 Å². The number of ether oxygens (including phenoxy) is 1. The first kappa shape index (κ1) is 17.0. The Balaban J connectivity index is 2.45. The average molecular weight is 293 g/mol. The Kier molecular flexibility index (Phi) is 6.21. The number of hydrogen-bond acceptors (Lipinski definition) is 3. The molecule has 0 fully saturated rings. The zero-order chi connectivity index (χ0) is 16.0. The summed E-state index contributed by atoms with van der Waals surface area (Å²) in [6.07, 6.45) is 0. The lowest BCUT2D eigenvalue weighted by molar-refractivity contribution is -0.143. The topological polar surface area (TPSA) is 75.6 Å². The van der Waals surface area contributed by atoms with Gasteiger partial charge in [-0.3, -0.25) is 9.59 Å². The Hall–Kier alpha value is -2.04. The van der Waals surface area contributed by atoms with E-state index in [9.17, 15) is 9.59 Å². The number of nitrogens with one attached hydrogen (secondary N) is 1. The summed E-state index contributed by atoms with van der Waals surface area (Å²) < 4.78 is 5.42. The first-order chi connectivity index (χ1) is 9.79. The van der Waals surface area contributed by atoms with Gasteiger partial charge in [-0.05, 0) is 43.0 Å². The highest BCUT2D eigenvalue weighted by atomic mass is 16.5. The van der Waals surface area contributed by atoms with Crippen LogP contribution in [0.25, 0.3) is 0 Å². The Morgan fingerprint density at radius 2 is 1.76 bits per heavy atom. The molecule has 21 heavy (non-hydrogen) atoms. The largest absolute Gasteiger partial charge is 0.484 e. The van der Waals surface area contributed by atoms with Gasteiger partial charge in [0.05, 0.1) is 5.92 Å². The lowest BCUT2D eigenvalue weighted by Crippen LogP contribution is -2.37. The molecule has 0 aliphatic carbocycles. The van der Waals surface area contributed by atoms with Crippen molar-refractivity contribution in [3.63, 3.8) is 0 Å². The van der Waals surface area contributed by atoms with E-state index in [1.165, 1.54) is 0 Å². The van der Waals surface area contributed by atoms with Crippen LogP contribution in [0.4, 0.5) is 0 Å². The molecule has 0 heterocycles. The first-order valence-electron chi connectivity index (χ1n) is 7.00. The lowest BCUT2D eigenvalue weighted by Gasteiger charge is -2.16. The molecule has 1 aromatic carbocycles. The van der Waals surface area contributed by atoms with Crippen LogP contribution in [0.2, 0.25) is 0 Å². The number of aryl methyl sites for hydroxylation is 2. The minimum absolute atomic E-state index is 0.0388. The molecule has 1 aromatic rings. The Morgan fingerprint density at radius 3 is 2.24 bits per heavy atom. The van der Waals surface area contributed by atoms with Crippen molar-refractivity contribution < 1.29 is 19.4 Å². The summed E-state index contributed by atoms with van der Waals surface area (Å²) in [5.41, 5.74) is 2.13. The molecule has 0 aliphatic heterocycles. The number of carboxylic acids is 1. The molecule has 0 bridgehead atoms. The molecule has 0 saturated heterocycles.